The van der Waals surface area contributed by atoms with E-state index in [9.17, 15) is 14.7 Å². The molecule has 0 aliphatic heterocycles. The predicted molar refractivity (Wildman–Crippen MR) is 79.3 cm³/mol. The highest BCUT2D eigenvalue weighted by Gasteiger charge is 2.19. The molecule has 0 spiro atoms. The van der Waals surface area contributed by atoms with Crippen LogP contribution in [0, 0.1) is 13.8 Å². The Hall–Kier alpha value is -2.62. The van der Waals surface area contributed by atoms with Crippen molar-refractivity contribution in [1.82, 2.24) is 0 Å². The fraction of sp³-hybridized carbons (Fsp3) is 0.176. The van der Waals surface area contributed by atoms with Crippen LogP contribution in [-0.4, -0.2) is 24.0 Å². The summed E-state index contributed by atoms with van der Waals surface area (Å²) < 4.78 is 5.05. The quantitative estimate of drug-likeness (QED) is 0.875. The van der Waals surface area contributed by atoms with Gasteiger partial charge < -0.3 is 9.84 Å². The first kappa shape index (κ1) is 14.8. The zero-order valence-electron chi connectivity index (χ0n) is 12.1. The van der Waals surface area contributed by atoms with E-state index in [2.05, 4.69) is 0 Å². The van der Waals surface area contributed by atoms with E-state index in [-0.39, 0.29) is 16.9 Å². The van der Waals surface area contributed by atoms with Gasteiger partial charge in [0.2, 0.25) is 0 Å². The number of carboxylic acids is 1. The molecule has 4 nitrogen and oxygen atoms in total. The Balaban J connectivity index is 2.51. The Bertz CT molecular complexity index is 699. The minimum atomic E-state index is -1.10. The van der Waals surface area contributed by atoms with Crippen molar-refractivity contribution < 1.29 is 19.4 Å². The molecule has 0 bridgehead atoms. The molecular weight excluding hydrogens is 268 g/mol. The molecule has 0 aliphatic carbocycles. The first-order chi connectivity index (χ1) is 9.93. The summed E-state index contributed by atoms with van der Waals surface area (Å²) in [6.45, 7) is 3.68. The fourth-order valence-corrected chi connectivity index (χ4v) is 2.08. The van der Waals surface area contributed by atoms with Crippen molar-refractivity contribution in [3.8, 4) is 5.75 Å². The number of benzene rings is 2. The molecule has 2 aromatic rings. The van der Waals surface area contributed by atoms with Crippen LogP contribution in [0.2, 0.25) is 0 Å². The predicted octanol–water partition coefficient (Wildman–Crippen LogP) is 3.24. The number of rotatable bonds is 4. The van der Waals surface area contributed by atoms with E-state index in [1.807, 2.05) is 13.8 Å². The van der Waals surface area contributed by atoms with Crippen LogP contribution in [0.5, 0.6) is 5.75 Å². The largest absolute Gasteiger partial charge is 0.497 e. The molecule has 0 radical (unpaired) electrons. The van der Waals surface area contributed by atoms with Gasteiger partial charge in [-0.3, -0.25) is 4.79 Å². The molecule has 2 rings (SSSR count). The number of ether oxygens (including phenoxy) is 1. The molecule has 0 amide bonds. The van der Waals surface area contributed by atoms with Gasteiger partial charge in [-0.2, -0.15) is 0 Å². The van der Waals surface area contributed by atoms with E-state index in [0.717, 1.165) is 11.1 Å². The maximum atomic E-state index is 12.5. The lowest BCUT2D eigenvalue weighted by Crippen LogP contribution is -2.11. The first-order valence-corrected chi connectivity index (χ1v) is 6.47. The molecule has 2 aromatic carbocycles. The maximum absolute atomic E-state index is 12.5. The van der Waals surface area contributed by atoms with E-state index in [1.54, 1.807) is 37.4 Å². The van der Waals surface area contributed by atoms with Gasteiger partial charge in [0.25, 0.3) is 0 Å². The summed E-state index contributed by atoms with van der Waals surface area (Å²) in [6.07, 6.45) is 0. The molecule has 4 heteroatoms. The third kappa shape index (κ3) is 2.94. The van der Waals surface area contributed by atoms with Crippen molar-refractivity contribution in [3.63, 3.8) is 0 Å². The SMILES string of the molecule is COc1ccc(C(=O)c2cc(C)c(C)cc2C(=O)O)cc1. The van der Waals surface area contributed by atoms with Crippen LogP contribution < -0.4 is 4.74 Å². The second kappa shape index (κ2) is 5.79. The highest BCUT2D eigenvalue weighted by atomic mass is 16.5. The smallest absolute Gasteiger partial charge is 0.336 e. The Labute approximate surface area is 123 Å². The van der Waals surface area contributed by atoms with Gasteiger partial charge in [0.05, 0.1) is 12.7 Å². The summed E-state index contributed by atoms with van der Waals surface area (Å²) in [5.74, 6) is -0.766. The van der Waals surface area contributed by atoms with Crippen LogP contribution in [0.15, 0.2) is 36.4 Å². The summed E-state index contributed by atoms with van der Waals surface area (Å²) in [6, 6.07) is 9.77. The molecule has 0 fully saturated rings. The van der Waals surface area contributed by atoms with E-state index in [0.29, 0.717) is 11.3 Å². The van der Waals surface area contributed by atoms with Gasteiger partial charge in [0.1, 0.15) is 5.75 Å². The maximum Gasteiger partial charge on any atom is 0.336 e. The second-order valence-electron chi connectivity index (χ2n) is 4.84. The number of methoxy groups -OCH3 is 1. The molecule has 0 heterocycles. The second-order valence-corrected chi connectivity index (χ2v) is 4.84. The minimum absolute atomic E-state index is 0.0268. The lowest BCUT2D eigenvalue weighted by molar-refractivity contribution is 0.0692. The van der Waals surface area contributed by atoms with Gasteiger partial charge in [-0.1, -0.05) is 0 Å². The highest BCUT2D eigenvalue weighted by molar-refractivity contribution is 6.14. The van der Waals surface area contributed by atoms with E-state index < -0.39 is 5.97 Å². The third-order valence-corrected chi connectivity index (χ3v) is 3.46. The van der Waals surface area contributed by atoms with E-state index >= 15 is 0 Å². The standard InChI is InChI=1S/C17H16O4/c1-10-8-14(15(17(19)20)9-11(10)2)16(18)12-4-6-13(21-3)7-5-12/h4-9H,1-3H3,(H,19,20). The Morgan fingerprint density at radius 3 is 1.95 bits per heavy atom. The molecule has 0 saturated heterocycles. The number of hydrogen-bond acceptors (Lipinski definition) is 3. The van der Waals surface area contributed by atoms with E-state index in [1.165, 1.54) is 6.07 Å². The van der Waals surface area contributed by atoms with Crippen molar-refractivity contribution >= 4 is 11.8 Å². The molecule has 1 N–H and O–H groups in total. The van der Waals surface area contributed by atoms with Gasteiger partial charge in [-0.25, -0.2) is 4.79 Å². The third-order valence-electron chi connectivity index (χ3n) is 3.46. The lowest BCUT2D eigenvalue weighted by atomic mass is 9.94. The summed E-state index contributed by atoms with van der Waals surface area (Å²) >= 11 is 0. The molecule has 0 aromatic heterocycles. The zero-order chi connectivity index (χ0) is 15.6. The average molecular weight is 284 g/mol. The number of aromatic carboxylic acids is 1. The first-order valence-electron chi connectivity index (χ1n) is 6.47. The van der Waals surface area contributed by atoms with Crippen molar-refractivity contribution in [3.05, 3.63) is 64.2 Å². The molecule has 21 heavy (non-hydrogen) atoms. The van der Waals surface area contributed by atoms with Gasteiger partial charge in [0, 0.05) is 11.1 Å². The van der Waals surface area contributed by atoms with Gasteiger partial charge in [-0.05, 0) is 61.4 Å². The van der Waals surface area contributed by atoms with Crippen LogP contribution in [-0.2, 0) is 0 Å². The van der Waals surface area contributed by atoms with Crippen LogP contribution in [0.4, 0.5) is 0 Å². The van der Waals surface area contributed by atoms with Gasteiger partial charge in [-0.15, -0.1) is 0 Å². The van der Waals surface area contributed by atoms with Crippen molar-refractivity contribution in [2.75, 3.05) is 7.11 Å². The topological polar surface area (TPSA) is 63.6 Å². The molecule has 108 valence electrons. The summed E-state index contributed by atoms with van der Waals surface area (Å²) in [5.41, 5.74) is 2.40. The number of ketones is 1. The normalized spacial score (nSPS) is 10.2. The van der Waals surface area contributed by atoms with Crippen molar-refractivity contribution in [2.45, 2.75) is 13.8 Å². The average Bonchev–Trinajstić information content (AvgIpc) is 2.48. The lowest BCUT2D eigenvalue weighted by Gasteiger charge is -2.10. The van der Waals surface area contributed by atoms with Crippen molar-refractivity contribution in [2.24, 2.45) is 0 Å². The van der Waals surface area contributed by atoms with Crippen LogP contribution in [0.3, 0.4) is 0 Å². The summed E-state index contributed by atoms with van der Waals surface area (Å²) in [5, 5.41) is 9.29. The molecular formula is C17H16O4. The van der Waals surface area contributed by atoms with Gasteiger partial charge >= 0.3 is 5.97 Å². The monoisotopic (exact) mass is 284 g/mol. The minimum Gasteiger partial charge on any atom is -0.497 e. The summed E-state index contributed by atoms with van der Waals surface area (Å²) in [4.78, 5) is 23.9. The van der Waals surface area contributed by atoms with Crippen LogP contribution >= 0.6 is 0 Å². The van der Waals surface area contributed by atoms with E-state index in [4.69, 9.17) is 4.74 Å². The summed E-state index contributed by atoms with van der Waals surface area (Å²) in [7, 11) is 1.54. The van der Waals surface area contributed by atoms with Crippen molar-refractivity contribution in [1.29, 1.82) is 0 Å². The van der Waals surface area contributed by atoms with Crippen LogP contribution in [0.1, 0.15) is 37.4 Å². The Kier molecular flexibility index (Phi) is 4.08. The van der Waals surface area contributed by atoms with Gasteiger partial charge in [0.15, 0.2) is 5.78 Å². The Morgan fingerprint density at radius 2 is 1.48 bits per heavy atom. The molecule has 0 atom stereocenters. The number of carbonyl (C=O) groups is 2. The zero-order valence-corrected chi connectivity index (χ0v) is 12.1. The van der Waals surface area contributed by atoms with Crippen LogP contribution in [0.25, 0.3) is 0 Å². The number of carbonyl (C=O) groups excluding carboxylic acids is 1. The molecule has 0 unspecified atom stereocenters. The fourth-order valence-electron chi connectivity index (χ4n) is 2.08. The Morgan fingerprint density at radius 1 is 0.952 bits per heavy atom. The molecule has 0 aliphatic rings. The number of aryl methyl sites for hydroxylation is 2. The highest BCUT2D eigenvalue weighted by Crippen LogP contribution is 2.21. The number of hydrogen-bond donors (Lipinski definition) is 1. The molecule has 0 saturated carbocycles. The number of carboxylic acid groups (broad SMARTS) is 1.